The SMILES string of the molecule is COc1ccc(C(OC[C@]2(CO)CN(C(C)C)C[C@H](n3ccc(=O)[nH]c3=O)O2)(c2ccccc2)c2ccc(OC)cc2)cc1. The summed E-state index contributed by atoms with van der Waals surface area (Å²) in [5.74, 6) is 1.41. The maximum Gasteiger partial charge on any atom is 0.330 e. The Kier molecular flexibility index (Phi) is 9.36. The molecule has 0 spiro atoms. The Morgan fingerprint density at radius 1 is 0.909 bits per heavy atom. The van der Waals surface area contributed by atoms with Gasteiger partial charge in [0.2, 0.25) is 0 Å². The lowest BCUT2D eigenvalue weighted by Crippen LogP contribution is -2.61. The van der Waals surface area contributed by atoms with Crippen molar-refractivity contribution in [3.8, 4) is 11.5 Å². The van der Waals surface area contributed by atoms with Crippen LogP contribution in [0.2, 0.25) is 0 Å². The van der Waals surface area contributed by atoms with Crippen LogP contribution in [-0.4, -0.2) is 71.7 Å². The fraction of sp³-hybridized carbons (Fsp3) is 0.353. The average molecular weight is 602 g/mol. The largest absolute Gasteiger partial charge is 0.497 e. The molecule has 0 amide bonds. The van der Waals surface area contributed by atoms with Gasteiger partial charge in [0, 0.05) is 31.4 Å². The lowest BCUT2D eigenvalue weighted by Gasteiger charge is -2.48. The Hall–Kier alpha value is -4.22. The van der Waals surface area contributed by atoms with Crippen LogP contribution < -0.4 is 20.7 Å². The molecule has 5 rings (SSSR count). The quantitative estimate of drug-likeness (QED) is 0.251. The van der Waals surface area contributed by atoms with Gasteiger partial charge in [-0.25, -0.2) is 4.79 Å². The number of H-pyrrole nitrogens is 1. The van der Waals surface area contributed by atoms with Crippen LogP contribution in [0.1, 0.15) is 36.8 Å². The molecule has 1 aromatic heterocycles. The molecule has 232 valence electrons. The number of hydrogen-bond donors (Lipinski definition) is 2. The van der Waals surface area contributed by atoms with E-state index in [-0.39, 0.29) is 19.3 Å². The number of aromatic nitrogens is 2. The van der Waals surface area contributed by atoms with Crippen molar-refractivity contribution in [2.24, 2.45) is 0 Å². The van der Waals surface area contributed by atoms with E-state index < -0.39 is 28.7 Å². The van der Waals surface area contributed by atoms with Crippen molar-refractivity contribution in [3.05, 3.63) is 129 Å². The number of aliphatic hydroxyl groups excluding tert-OH is 1. The summed E-state index contributed by atoms with van der Waals surface area (Å²) in [6.45, 7) is 4.42. The zero-order valence-electron chi connectivity index (χ0n) is 25.4. The molecule has 1 fully saturated rings. The van der Waals surface area contributed by atoms with Gasteiger partial charge in [-0.05, 0) is 54.8 Å². The highest BCUT2D eigenvalue weighted by Gasteiger charge is 2.46. The second-order valence-corrected chi connectivity index (χ2v) is 11.2. The fourth-order valence-corrected chi connectivity index (χ4v) is 5.72. The third kappa shape index (κ3) is 6.20. The molecule has 0 unspecified atom stereocenters. The molecule has 0 radical (unpaired) electrons. The van der Waals surface area contributed by atoms with E-state index in [1.807, 2.05) is 92.7 Å². The number of aromatic amines is 1. The monoisotopic (exact) mass is 601 g/mol. The van der Waals surface area contributed by atoms with Crippen LogP contribution in [0.25, 0.3) is 0 Å². The minimum Gasteiger partial charge on any atom is -0.497 e. The third-order valence-electron chi connectivity index (χ3n) is 8.17. The van der Waals surface area contributed by atoms with Gasteiger partial charge in [-0.1, -0.05) is 54.6 Å². The Morgan fingerprint density at radius 3 is 1.98 bits per heavy atom. The van der Waals surface area contributed by atoms with Crippen molar-refractivity contribution in [2.45, 2.75) is 37.3 Å². The lowest BCUT2D eigenvalue weighted by molar-refractivity contribution is -0.233. The van der Waals surface area contributed by atoms with Gasteiger partial charge < -0.3 is 24.1 Å². The van der Waals surface area contributed by atoms with Gasteiger partial charge in [-0.2, -0.15) is 0 Å². The second-order valence-electron chi connectivity index (χ2n) is 11.2. The van der Waals surface area contributed by atoms with Gasteiger partial charge in [0.25, 0.3) is 5.56 Å². The number of hydrogen-bond acceptors (Lipinski definition) is 8. The molecule has 2 N–H and O–H groups in total. The molecule has 0 bridgehead atoms. The number of nitrogens with one attached hydrogen (secondary N) is 1. The summed E-state index contributed by atoms with van der Waals surface area (Å²) in [5.41, 5.74) is -0.881. The molecule has 0 aliphatic carbocycles. The van der Waals surface area contributed by atoms with Gasteiger partial charge in [0.1, 0.15) is 22.7 Å². The van der Waals surface area contributed by atoms with Crippen LogP contribution in [0, 0.1) is 0 Å². The summed E-state index contributed by atoms with van der Waals surface area (Å²) < 4.78 is 25.9. The van der Waals surface area contributed by atoms with Crippen LogP contribution in [0.4, 0.5) is 0 Å². The number of morpholine rings is 1. The van der Waals surface area contributed by atoms with Crippen molar-refractivity contribution >= 4 is 0 Å². The molecule has 1 aliphatic heterocycles. The van der Waals surface area contributed by atoms with Crippen molar-refractivity contribution in [3.63, 3.8) is 0 Å². The van der Waals surface area contributed by atoms with Gasteiger partial charge in [-0.3, -0.25) is 19.2 Å². The van der Waals surface area contributed by atoms with Gasteiger partial charge in [0.15, 0.2) is 6.23 Å². The Labute approximate surface area is 256 Å². The summed E-state index contributed by atoms with van der Waals surface area (Å²) in [5, 5.41) is 11.0. The van der Waals surface area contributed by atoms with Gasteiger partial charge in [-0.15, -0.1) is 0 Å². The predicted octanol–water partition coefficient (Wildman–Crippen LogP) is 3.53. The van der Waals surface area contributed by atoms with E-state index in [4.69, 9.17) is 18.9 Å². The topological polar surface area (TPSA) is 115 Å². The van der Waals surface area contributed by atoms with Crippen molar-refractivity contribution < 1.29 is 24.1 Å². The number of aliphatic hydroxyl groups is 1. The molecule has 0 saturated carbocycles. The predicted molar refractivity (Wildman–Crippen MR) is 166 cm³/mol. The van der Waals surface area contributed by atoms with E-state index >= 15 is 0 Å². The molecular formula is C34H39N3O7. The average Bonchev–Trinajstić information content (AvgIpc) is 3.06. The molecule has 1 saturated heterocycles. The van der Waals surface area contributed by atoms with Crippen LogP contribution in [0.15, 0.2) is 101 Å². The van der Waals surface area contributed by atoms with E-state index in [1.54, 1.807) is 14.2 Å². The van der Waals surface area contributed by atoms with Crippen LogP contribution in [0.3, 0.4) is 0 Å². The Bertz CT molecular complexity index is 1590. The summed E-state index contributed by atoms with van der Waals surface area (Å²) in [7, 11) is 3.24. The van der Waals surface area contributed by atoms with E-state index in [2.05, 4.69) is 9.88 Å². The zero-order chi connectivity index (χ0) is 31.3. The summed E-state index contributed by atoms with van der Waals surface area (Å²) in [4.78, 5) is 29.0. The lowest BCUT2D eigenvalue weighted by atomic mass is 9.79. The first-order chi connectivity index (χ1) is 21.2. The highest BCUT2D eigenvalue weighted by Crippen LogP contribution is 2.43. The first-order valence-electron chi connectivity index (χ1n) is 14.6. The highest BCUT2D eigenvalue weighted by atomic mass is 16.6. The molecular weight excluding hydrogens is 562 g/mol. The van der Waals surface area contributed by atoms with Crippen molar-refractivity contribution in [1.29, 1.82) is 0 Å². The smallest absolute Gasteiger partial charge is 0.330 e. The summed E-state index contributed by atoms with van der Waals surface area (Å²) in [6, 6.07) is 26.6. The maximum absolute atomic E-state index is 12.8. The number of nitrogens with zero attached hydrogens (tertiary/aromatic N) is 2. The molecule has 44 heavy (non-hydrogen) atoms. The van der Waals surface area contributed by atoms with Crippen LogP contribution >= 0.6 is 0 Å². The standard InChI is InChI=1S/C34H39N3O7/c1-24(2)36-20-31(37-19-18-30(39)35-32(37)40)44-33(21-36,22-38)23-43-34(25-8-6-5-7-9-25,26-10-14-28(41-3)15-11-26)27-12-16-29(42-4)17-13-27/h5-19,24,31,38H,20-23H2,1-4H3,(H,35,39,40)/t31-,33-/m1/s1. The van der Waals surface area contributed by atoms with E-state index in [1.165, 1.54) is 16.8 Å². The summed E-state index contributed by atoms with van der Waals surface area (Å²) in [6.07, 6.45) is 0.640. The molecule has 1 aliphatic rings. The summed E-state index contributed by atoms with van der Waals surface area (Å²) >= 11 is 0. The van der Waals surface area contributed by atoms with Gasteiger partial charge >= 0.3 is 5.69 Å². The van der Waals surface area contributed by atoms with Crippen molar-refractivity contribution in [1.82, 2.24) is 14.5 Å². The van der Waals surface area contributed by atoms with E-state index in [9.17, 15) is 14.7 Å². The van der Waals surface area contributed by atoms with E-state index in [0.29, 0.717) is 24.6 Å². The minimum absolute atomic E-state index is 0.0335. The number of methoxy groups -OCH3 is 2. The molecule has 3 aromatic carbocycles. The normalized spacial score (nSPS) is 19.2. The highest BCUT2D eigenvalue weighted by molar-refractivity contribution is 5.49. The Balaban J connectivity index is 1.63. The molecule has 2 atom stereocenters. The molecule has 10 heteroatoms. The van der Waals surface area contributed by atoms with Crippen molar-refractivity contribution in [2.75, 3.05) is 40.5 Å². The number of ether oxygens (including phenoxy) is 4. The number of benzene rings is 3. The number of rotatable bonds is 11. The fourth-order valence-electron chi connectivity index (χ4n) is 5.72. The van der Waals surface area contributed by atoms with Crippen LogP contribution in [-0.2, 0) is 15.1 Å². The third-order valence-corrected chi connectivity index (χ3v) is 8.17. The Morgan fingerprint density at radius 2 is 1.48 bits per heavy atom. The zero-order valence-corrected chi connectivity index (χ0v) is 25.4. The van der Waals surface area contributed by atoms with Gasteiger partial charge in [0.05, 0.1) is 27.4 Å². The molecule has 4 aromatic rings. The minimum atomic E-state index is -1.22. The molecule has 10 nitrogen and oxygen atoms in total. The first kappa shape index (κ1) is 31.2. The molecule has 2 heterocycles. The van der Waals surface area contributed by atoms with E-state index in [0.717, 1.165) is 16.7 Å². The first-order valence-corrected chi connectivity index (χ1v) is 14.6. The van der Waals surface area contributed by atoms with Crippen LogP contribution in [0.5, 0.6) is 11.5 Å². The maximum atomic E-state index is 12.8. The second kappa shape index (κ2) is 13.2.